The SMILES string of the molecule is CO[C@@H]1O[C@H](C=O)[C@@H]2OC(C)(C)OC12. The number of carbonyl (C=O) groups is 1. The van der Waals surface area contributed by atoms with Crippen LogP contribution in [-0.4, -0.2) is 43.8 Å². The predicted molar refractivity (Wildman–Crippen MR) is 45.6 cm³/mol. The molecule has 5 nitrogen and oxygen atoms in total. The summed E-state index contributed by atoms with van der Waals surface area (Å²) >= 11 is 0. The van der Waals surface area contributed by atoms with Crippen LogP contribution in [0, 0.1) is 0 Å². The maximum atomic E-state index is 10.7. The van der Waals surface area contributed by atoms with E-state index in [4.69, 9.17) is 18.9 Å². The molecule has 1 unspecified atom stereocenters. The molecule has 0 spiro atoms. The highest BCUT2D eigenvalue weighted by Gasteiger charge is 2.55. The summed E-state index contributed by atoms with van der Waals surface area (Å²) in [6, 6.07) is 0. The van der Waals surface area contributed by atoms with Crippen molar-refractivity contribution in [3.8, 4) is 0 Å². The summed E-state index contributed by atoms with van der Waals surface area (Å²) in [5.74, 6) is -0.669. The first-order valence-electron chi connectivity index (χ1n) is 4.56. The number of fused-ring (bicyclic) bond motifs is 1. The summed E-state index contributed by atoms with van der Waals surface area (Å²) in [6.45, 7) is 3.61. The van der Waals surface area contributed by atoms with Crippen LogP contribution in [-0.2, 0) is 23.7 Å². The van der Waals surface area contributed by atoms with Crippen LogP contribution in [0.4, 0.5) is 0 Å². The van der Waals surface area contributed by atoms with Crippen LogP contribution in [0.25, 0.3) is 0 Å². The average Bonchev–Trinajstić information content (AvgIpc) is 2.57. The van der Waals surface area contributed by atoms with Crippen LogP contribution in [0.3, 0.4) is 0 Å². The van der Waals surface area contributed by atoms with E-state index >= 15 is 0 Å². The first-order chi connectivity index (χ1) is 6.57. The molecular formula is C9H14O5. The van der Waals surface area contributed by atoms with Crippen molar-refractivity contribution in [1.29, 1.82) is 0 Å². The molecule has 2 aliphatic heterocycles. The lowest BCUT2D eigenvalue weighted by Gasteiger charge is -2.21. The lowest BCUT2D eigenvalue weighted by Crippen LogP contribution is -2.30. The zero-order valence-electron chi connectivity index (χ0n) is 8.43. The number of hydrogen-bond acceptors (Lipinski definition) is 5. The van der Waals surface area contributed by atoms with Gasteiger partial charge >= 0.3 is 0 Å². The van der Waals surface area contributed by atoms with Gasteiger partial charge in [-0.2, -0.15) is 0 Å². The Kier molecular flexibility index (Phi) is 2.35. The van der Waals surface area contributed by atoms with Crippen molar-refractivity contribution >= 4 is 6.29 Å². The van der Waals surface area contributed by atoms with Gasteiger partial charge in [0.05, 0.1) is 0 Å². The predicted octanol–water partition coefficient (Wildman–Crippen LogP) is 0.0767. The Morgan fingerprint density at radius 2 is 1.93 bits per heavy atom. The summed E-state index contributed by atoms with van der Waals surface area (Å²) in [5, 5.41) is 0. The molecule has 0 amide bonds. The largest absolute Gasteiger partial charge is 0.353 e. The smallest absolute Gasteiger partial charge is 0.187 e. The quantitative estimate of drug-likeness (QED) is 0.593. The van der Waals surface area contributed by atoms with Gasteiger partial charge in [-0.05, 0) is 13.8 Å². The number of carbonyl (C=O) groups excluding carboxylic acids is 1. The topological polar surface area (TPSA) is 54.0 Å². The molecule has 0 N–H and O–H groups in total. The highest BCUT2D eigenvalue weighted by Crippen LogP contribution is 2.38. The fourth-order valence-electron chi connectivity index (χ4n) is 1.89. The minimum Gasteiger partial charge on any atom is -0.353 e. The van der Waals surface area contributed by atoms with Crippen molar-refractivity contribution in [2.75, 3.05) is 7.11 Å². The fourth-order valence-corrected chi connectivity index (χ4v) is 1.89. The Hall–Kier alpha value is -0.490. The summed E-state index contributed by atoms with van der Waals surface area (Å²) in [6.07, 6.45) is -1.05. The third kappa shape index (κ3) is 1.46. The molecule has 2 rings (SSSR count). The van der Waals surface area contributed by atoms with E-state index in [1.165, 1.54) is 7.11 Å². The van der Waals surface area contributed by atoms with Crippen molar-refractivity contribution in [2.24, 2.45) is 0 Å². The van der Waals surface area contributed by atoms with E-state index in [0.717, 1.165) is 6.29 Å². The van der Waals surface area contributed by atoms with Gasteiger partial charge < -0.3 is 23.7 Å². The second kappa shape index (κ2) is 3.27. The second-order valence-electron chi connectivity index (χ2n) is 3.91. The Morgan fingerprint density at radius 3 is 2.50 bits per heavy atom. The number of rotatable bonds is 2. The fraction of sp³-hybridized carbons (Fsp3) is 0.889. The molecule has 14 heavy (non-hydrogen) atoms. The van der Waals surface area contributed by atoms with E-state index in [1.807, 2.05) is 0 Å². The summed E-state index contributed by atoms with van der Waals surface area (Å²) < 4.78 is 21.5. The molecule has 2 saturated heterocycles. The Bertz CT molecular complexity index is 239. The van der Waals surface area contributed by atoms with Gasteiger partial charge in [0.25, 0.3) is 0 Å². The number of aldehydes is 1. The monoisotopic (exact) mass is 202 g/mol. The molecule has 0 aromatic rings. The van der Waals surface area contributed by atoms with E-state index in [0.29, 0.717) is 0 Å². The van der Waals surface area contributed by atoms with E-state index in [-0.39, 0.29) is 12.2 Å². The molecule has 0 aromatic heterocycles. The molecule has 5 heteroatoms. The zero-order chi connectivity index (χ0) is 10.3. The molecule has 2 aliphatic rings. The molecule has 0 radical (unpaired) electrons. The second-order valence-corrected chi connectivity index (χ2v) is 3.91. The Morgan fingerprint density at radius 1 is 1.29 bits per heavy atom. The van der Waals surface area contributed by atoms with Gasteiger partial charge in [0, 0.05) is 7.11 Å². The van der Waals surface area contributed by atoms with Gasteiger partial charge in [-0.15, -0.1) is 0 Å². The van der Waals surface area contributed by atoms with Crippen LogP contribution < -0.4 is 0 Å². The van der Waals surface area contributed by atoms with E-state index in [2.05, 4.69) is 0 Å². The van der Waals surface area contributed by atoms with Gasteiger partial charge in [0.15, 0.2) is 18.4 Å². The highest BCUT2D eigenvalue weighted by molar-refractivity contribution is 5.58. The maximum absolute atomic E-state index is 10.7. The average molecular weight is 202 g/mol. The summed E-state index contributed by atoms with van der Waals surface area (Å²) in [5.41, 5.74) is 0. The van der Waals surface area contributed by atoms with E-state index in [1.54, 1.807) is 13.8 Å². The molecule has 2 fully saturated rings. The third-order valence-corrected chi connectivity index (χ3v) is 2.41. The third-order valence-electron chi connectivity index (χ3n) is 2.41. The van der Waals surface area contributed by atoms with Gasteiger partial charge in [-0.25, -0.2) is 0 Å². The first kappa shape index (κ1) is 10.0. The van der Waals surface area contributed by atoms with E-state index < -0.39 is 18.2 Å². The minimum atomic E-state index is -0.669. The number of methoxy groups -OCH3 is 1. The first-order valence-corrected chi connectivity index (χ1v) is 4.56. The van der Waals surface area contributed by atoms with Gasteiger partial charge in [0.2, 0.25) is 0 Å². The zero-order valence-corrected chi connectivity index (χ0v) is 8.43. The summed E-state index contributed by atoms with van der Waals surface area (Å²) in [4.78, 5) is 10.7. The van der Waals surface area contributed by atoms with Crippen LogP contribution in [0.1, 0.15) is 13.8 Å². The number of ether oxygens (including phenoxy) is 4. The lowest BCUT2D eigenvalue weighted by atomic mass is 10.1. The molecule has 80 valence electrons. The molecule has 0 bridgehead atoms. The van der Waals surface area contributed by atoms with Gasteiger partial charge in [-0.1, -0.05) is 0 Å². The Balaban J connectivity index is 2.16. The molecular weight excluding hydrogens is 188 g/mol. The van der Waals surface area contributed by atoms with Crippen molar-refractivity contribution < 1.29 is 23.7 Å². The van der Waals surface area contributed by atoms with Crippen LogP contribution >= 0.6 is 0 Å². The standard InChI is InChI=1S/C9H14O5/c1-9(2)13-6-5(4-10)12-8(11-3)7(6)14-9/h4-8H,1-3H3/t5-,6+,7?,8-/m1/s1. The lowest BCUT2D eigenvalue weighted by molar-refractivity contribution is -0.223. The highest BCUT2D eigenvalue weighted by atomic mass is 16.8. The van der Waals surface area contributed by atoms with Crippen LogP contribution in [0.5, 0.6) is 0 Å². The Labute approximate surface area is 82.3 Å². The number of hydrogen-bond donors (Lipinski definition) is 0. The molecule has 0 aromatic carbocycles. The van der Waals surface area contributed by atoms with Crippen molar-refractivity contribution in [3.05, 3.63) is 0 Å². The molecule has 4 atom stereocenters. The van der Waals surface area contributed by atoms with Crippen LogP contribution in [0.15, 0.2) is 0 Å². The normalized spacial score (nSPS) is 45.1. The molecule has 0 saturated carbocycles. The van der Waals surface area contributed by atoms with Gasteiger partial charge in [0.1, 0.15) is 18.3 Å². The summed E-state index contributed by atoms with van der Waals surface area (Å²) in [7, 11) is 1.52. The van der Waals surface area contributed by atoms with E-state index in [9.17, 15) is 4.79 Å². The van der Waals surface area contributed by atoms with Gasteiger partial charge in [-0.3, -0.25) is 0 Å². The van der Waals surface area contributed by atoms with Crippen LogP contribution in [0.2, 0.25) is 0 Å². The molecule has 0 aliphatic carbocycles. The van der Waals surface area contributed by atoms with Crippen molar-refractivity contribution in [2.45, 2.75) is 44.2 Å². The van der Waals surface area contributed by atoms with Crippen molar-refractivity contribution in [3.63, 3.8) is 0 Å². The minimum absolute atomic E-state index is 0.315. The van der Waals surface area contributed by atoms with Crippen molar-refractivity contribution in [1.82, 2.24) is 0 Å². The maximum Gasteiger partial charge on any atom is 0.187 e. The molecule has 2 heterocycles.